The molecule has 1 atom stereocenters. The van der Waals surface area contributed by atoms with Crippen LogP contribution in [0.1, 0.15) is 58.3 Å². The SMILES string of the molecule is CCC1CCC2(CC1)NC(=O)N(CC(=O)N1CCCCC1C(=O)O)C2=O. The van der Waals surface area contributed by atoms with Gasteiger partial charge in [-0.25, -0.2) is 9.59 Å². The van der Waals surface area contributed by atoms with E-state index in [0.29, 0.717) is 31.7 Å². The average molecular weight is 365 g/mol. The Morgan fingerprint density at radius 3 is 2.50 bits per heavy atom. The molecule has 2 saturated heterocycles. The van der Waals surface area contributed by atoms with Gasteiger partial charge < -0.3 is 15.3 Å². The molecule has 1 saturated carbocycles. The molecule has 1 aliphatic carbocycles. The van der Waals surface area contributed by atoms with Gasteiger partial charge >= 0.3 is 12.0 Å². The fourth-order valence-electron chi connectivity index (χ4n) is 4.45. The minimum absolute atomic E-state index is 0.339. The number of aliphatic carboxylic acids is 1. The van der Waals surface area contributed by atoms with Gasteiger partial charge in [0.15, 0.2) is 0 Å². The van der Waals surface area contributed by atoms with E-state index in [-0.39, 0.29) is 12.5 Å². The van der Waals surface area contributed by atoms with E-state index >= 15 is 0 Å². The molecule has 0 bridgehead atoms. The van der Waals surface area contributed by atoms with Gasteiger partial charge in [-0.2, -0.15) is 0 Å². The Labute approximate surface area is 152 Å². The third kappa shape index (κ3) is 3.29. The lowest BCUT2D eigenvalue weighted by molar-refractivity contribution is -0.153. The van der Waals surface area contributed by atoms with Gasteiger partial charge in [-0.3, -0.25) is 14.5 Å². The zero-order chi connectivity index (χ0) is 18.9. The average Bonchev–Trinajstić information content (AvgIpc) is 2.86. The number of carboxylic acids is 1. The number of hydrogen-bond acceptors (Lipinski definition) is 4. The topological polar surface area (TPSA) is 107 Å². The summed E-state index contributed by atoms with van der Waals surface area (Å²) in [4.78, 5) is 51.5. The number of rotatable bonds is 4. The van der Waals surface area contributed by atoms with Crippen molar-refractivity contribution in [3.8, 4) is 0 Å². The summed E-state index contributed by atoms with van der Waals surface area (Å²) in [6, 6.07) is -1.41. The Bertz CT molecular complexity index is 612. The molecule has 8 nitrogen and oxygen atoms in total. The highest BCUT2D eigenvalue weighted by atomic mass is 16.4. The van der Waals surface area contributed by atoms with Crippen molar-refractivity contribution in [2.75, 3.05) is 13.1 Å². The van der Waals surface area contributed by atoms with Crippen molar-refractivity contribution in [3.63, 3.8) is 0 Å². The smallest absolute Gasteiger partial charge is 0.326 e. The van der Waals surface area contributed by atoms with Gasteiger partial charge in [0, 0.05) is 6.54 Å². The van der Waals surface area contributed by atoms with Crippen molar-refractivity contribution in [2.24, 2.45) is 5.92 Å². The second-order valence-electron chi connectivity index (χ2n) is 7.69. The van der Waals surface area contributed by atoms with E-state index in [2.05, 4.69) is 12.2 Å². The fourth-order valence-corrected chi connectivity index (χ4v) is 4.45. The highest BCUT2D eigenvalue weighted by molar-refractivity contribution is 6.09. The molecule has 2 aliphatic heterocycles. The predicted octanol–water partition coefficient (Wildman–Crippen LogP) is 1.34. The first-order valence-electron chi connectivity index (χ1n) is 9.54. The molecule has 26 heavy (non-hydrogen) atoms. The van der Waals surface area contributed by atoms with Crippen molar-refractivity contribution < 1.29 is 24.3 Å². The van der Waals surface area contributed by atoms with Crippen molar-refractivity contribution in [2.45, 2.75) is 69.9 Å². The number of nitrogens with one attached hydrogen (secondary N) is 1. The molecule has 1 spiro atoms. The molecule has 3 fully saturated rings. The molecule has 0 radical (unpaired) electrons. The van der Waals surface area contributed by atoms with E-state index in [0.717, 1.165) is 37.0 Å². The number of piperidine rings is 1. The molecule has 3 aliphatic rings. The third-order valence-corrected chi connectivity index (χ3v) is 6.18. The maximum atomic E-state index is 12.9. The van der Waals surface area contributed by atoms with Crippen LogP contribution in [0.25, 0.3) is 0 Å². The van der Waals surface area contributed by atoms with Crippen molar-refractivity contribution in [1.29, 1.82) is 0 Å². The lowest BCUT2D eigenvalue weighted by Gasteiger charge is -2.35. The van der Waals surface area contributed by atoms with Crippen LogP contribution >= 0.6 is 0 Å². The number of hydrogen-bond donors (Lipinski definition) is 2. The van der Waals surface area contributed by atoms with Gasteiger partial charge in [0.25, 0.3) is 5.91 Å². The second kappa shape index (κ2) is 7.25. The van der Waals surface area contributed by atoms with Gasteiger partial charge in [-0.05, 0) is 50.9 Å². The largest absolute Gasteiger partial charge is 0.480 e. The number of urea groups is 1. The van der Waals surface area contributed by atoms with Crippen molar-refractivity contribution >= 4 is 23.8 Å². The number of nitrogens with zero attached hydrogens (tertiary/aromatic N) is 2. The fraction of sp³-hybridized carbons (Fsp3) is 0.778. The van der Waals surface area contributed by atoms with E-state index in [1.54, 1.807) is 0 Å². The summed E-state index contributed by atoms with van der Waals surface area (Å²) < 4.78 is 0. The van der Waals surface area contributed by atoms with E-state index < -0.39 is 29.5 Å². The van der Waals surface area contributed by atoms with E-state index in [1.165, 1.54) is 4.90 Å². The van der Waals surface area contributed by atoms with Crippen LogP contribution in [0.3, 0.4) is 0 Å². The van der Waals surface area contributed by atoms with E-state index in [1.807, 2.05) is 0 Å². The summed E-state index contributed by atoms with van der Waals surface area (Å²) >= 11 is 0. The molecular weight excluding hydrogens is 338 g/mol. The minimum Gasteiger partial charge on any atom is -0.480 e. The van der Waals surface area contributed by atoms with Gasteiger partial charge in [-0.15, -0.1) is 0 Å². The van der Waals surface area contributed by atoms with Gasteiger partial charge in [0.05, 0.1) is 0 Å². The number of likely N-dealkylation sites (tertiary alicyclic amines) is 1. The quantitative estimate of drug-likeness (QED) is 0.731. The Morgan fingerprint density at radius 2 is 1.88 bits per heavy atom. The van der Waals surface area contributed by atoms with Crippen LogP contribution in [0, 0.1) is 5.92 Å². The first kappa shape index (κ1) is 18.7. The number of carbonyl (C=O) groups is 4. The maximum Gasteiger partial charge on any atom is 0.326 e. The molecule has 3 rings (SSSR count). The van der Waals surface area contributed by atoms with Crippen LogP contribution in [0.2, 0.25) is 0 Å². The maximum absolute atomic E-state index is 12.9. The zero-order valence-electron chi connectivity index (χ0n) is 15.2. The molecule has 8 heteroatoms. The lowest BCUT2D eigenvalue weighted by atomic mass is 9.75. The van der Waals surface area contributed by atoms with Crippen LogP contribution in [-0.4, -0.2) is 63.4 Å². The number of imide groups is 1. The molecule has 4 amide bonds. The van der Waals surface area contributed by atoms with Gasteiger partial charge in [0.1, 0.15) is 18.1 Å². The van der Waals surface area contributed by atoms with Crippen molar-refractivity contribution in [3.05, 3.63) is 0 Å². The summed E-state index contributed by atoms with van der Waals surface area (Å²) in [6.45, 7) is 2.09. The highest BCUT2D eigenvalue weighted by Gasteiger charge is 2.53. The van der Waals surface area contributed by atoms with Crippen LogP contribution in [0.4, 0.5) is 4.79 Å². The molecule has 0 aromatic heterocycles. The molecule has 2 N–H and O–H groups in total. The summed E-state index contributed by atoms with van der Waals surface area (Å²) in [7, 11) is 0. The number of amides is 4. The molecular formula is C18H27N3O5. The Balaban J connectivity index is 1.68. The number of carboxylic acid groups (broad SMARTS) is 1. The Hall–Kier alpha value is -2.12. The minimum atomic E-state index is -1.04. The summed E-state index contributed by atoms with van der Waals surface area (Å²) in [5, 5.41) is 12.1. The van der Waals surface area contributed by atoms with E-state index in [9.17, 15) is 24.3 Å². The molecule has 1 unspecified atom stereocenters. The van der Waals surface area contributed by atoms with Gasteiger partial charge in [0.2, 0.25) is 5.91 Å². The molecule has 0 aromatic carbocycles. The second-order valence-corrected chi connectivity index (χ2v) is 7.69. The van der Waals surface area contributed by atoms with Crippen LogP contribution in [-0.2, 0) is 14.4 Å². The van der Waals surface area contributed by atoms with Crippen molar-refractivity contribution in [1.82, 2.24) is 15.1 Å². The first-order valence-corrected chi connectivity index (χ1v) is 9.54. The summed E-state index contributed by atoms with van der Waals surface area (Å²) in [6.07, 6.45) is 5.93. The van der Waals surface area contributed by atoms with Crippen LogP contribution in [0.15, 0.2) is 0 Å². The predicted molar refractivity (Wildman–Crippen MR) is 92.2 cm³/mol. The summed E-state index contributed by atoms with van der Waals surface area (Å²) in [5.74, 6) is -1.27. The van der Waals surface area contributed by atoms with Gasteiger partial charge in [-0.1, -0.05) is 13.3 Å². The Kier molecular flexibility index (Phi) is 5.20. The van der Waals surface area contributed by atoms with E-state index in [4.69, 9.17) is 0 Å². The first-order chi connectivity index (χ1) is 12.4. The van der Waals surface area contributed by atoms with Crippen LogP contribution < -0.4 is 5.32 Å². The monoisotopic (exact) mass is 365 g/mol. The molecule has 144 valence electrons. The third-order valence-electron chi connectivity index (χ3n) is 6.18. The molecule has 0 aromatic rings. The van der Waals surface area contributed by atoms with Crippen LogP contribution in [0.5, 0.6) is 0 Å². The Morgan fingerprint density at radius 1 is 1.19 bits per heavy atom. The zero-order valence-corrected chi connectivity index (χ0v) is 15.2. The number of carbonyl (C=O) groups excluding carboxylic acids is 3. The lowest BCUT2D eigenvalue weighted by Crippen LogP contribution is -2.53. The molecule has 2 heterocycles. The summed E-state index contributed by atoms with van der Waals surface area (Å²) in [5.41, 5.74) is -0.878. The highest BCUT2D eigenvalue weighted by Crippen LogP contribution is 2.37. The standard InChI is InChI=1S/C18H27N3O5/c1-2-12-6-8-18(9-7-12)16(25)21(17(26)19-18)11-14(22)20-10-4-3-5-13(20)15(23)24/h12-13H,2-11H2,1H3,(H,19,26)(H,23,24). The normalized spacial score (nSPS) is 32.0.